The van der Waals surface area contributed by atoms with Crippen molar-refractivity contribution in [3.8, 4) is 22.6 Å². The molecule has 1 amide bonds. The quantitative estimate of drug-likeness (QED) is 0.370. The van der Waals surface area contributed by atoms with E-state index in [0.29, 0.717) is 24.5 Å². The summed E-state index contributed by atoms with van der Waals surface area (Å²) in [5.41, 5.74) is 4.06. The number of sulfone groups is 1. The minimum Gasteiger partial charge on any atom is -0.508 e. The highest BCUT2D eigenvalue weighted by molar-refractivity contribution is 7.90. The number of aryl methyl sites for hydroxylation is 1. The average molecular weight is 551 g/mol. The molecule has 2 heterocycles. The van der Waals surface area contributed by atoms with E-state index in [1.165, 1.54) is 30.3 Å². The number of aromatic hydroxyl groups is 1. The van der Waals surface area contributed by atoms with Gasteiger partial charge in [-0.1, -0.05) is 6.07 Å². The van der Waals surface area contributed by atoms with Crippen LogP contribution in [0.4, 0.5) is 15.8 Å². The van der Waals surface area contributed by atoms with Gasteiger partial charge in [0.15, 0.2) is 20.6 Å². The first kappa shape index (κ1) is 26.4. The highest BCUT2D eigenvalue weighted by Crippen LogP contribution is 2.33. The standard InChI is InChI=1S/C28H27FN4O5S/c1-18-3-6-23(32-9-11-38-12-10-32)16-25(18)19-13-21(15-24(34)14-19)30-28(35)26-17-27(39(2,36)37)33(31-26)22-7-4-20(29)5-8-22/h3-8,13-17,34H,9-12H2,1-2H3,(H,30,35). The van der Waals surface area contributed by atoms with Crippen LogP contribution < -0.4 is 10.2 Å². The summed E-state index contributed by atoms with van der Waals surface area (Å²) in [5.74, 6) is -1.21. The zero-order valence-electron chi connectivity index (χ0n) is 21.4. The Bertz CT molecular complexity index is 1650. The first-order chi connectivity index (χ1) is 18.6. The van der Waals surface area contributed by atoms with E-state index >= 15 is 0 Å². The molecule has 39 heavy (non-hydrogen) atoms. The van der Waals surface area contributed by atoms with Gasteiger partial charge in [0.05, 0.1) is 18.9 Å². The maximum absolute atomic E-state index is 13.4. The van der Waals surface area contributed by atoms with Gasteiger partial charge in [-0.15, -0.1) is 0 Å². The van der Waals surface area contributed by atoms with Crippen molar-refractivity contribution in [1.82, 2.24) is 9.78 Å². The number of hydrogen-bond acceptors (Lipinski definition) is 7. The number of hydrogen-bond donors (Lipinski definition) is 2. The van der Waals surface area contributed by atoms with Gasteiger partial charge in [-0.2, -0.15) is 5.10 Å². The molecule has 2 N–H and O–H groups in total. The minimum absolute atomic E-state index is 0.0485. The van der Waals surface area contributed by atoms with Crippen molar-refractivity contribution in [3.63, 3.8) is 0 Å². The fourth-order valence-electron chi connectivity index (χ4n) is 4.48. The van der Waals surface area contributed by atoms with Gasteiger partial charge < -0.3 is 20.1 Å². The van der Waals surface area contributed by atoms with E-state index in [4.69, 9.17) is 4.74 Å². The van der Waals surface area contributed by atoms with E-state index < -0.39 is 21.6 Å². The summed E-state index contributed by atoms with van der Waals surface area (Å²) in [5, 5.41) is 17.1. The van der Waals surface area contributed by atoms with Crippen molar-refractivity contribution in [2.45, 2.75) is 11.9 Å². The van der Waals surface area contributed by atoms with Crippen LogP contribution in [0.25, 0.3) is 16.8 Å². The predicted molar refractivity (Wildman–Crippen MR) is 146 cm³/mol. The number of rotatable bonds is 6. The number of phenolic OH excluding ortho intramolecular Hbond substituents is 1. The second-order valence-electron chi connectivity index (χ2n) is 9.35. The lowest BCUT2D eigenvalue weighted by atomic mass is 9.98. The maximum atomic E-state index is 13.4. The number of aromatic nitrogens is 2. The van der Waals surface area contributed by atoms with Crippen molar-refractivity contribution >= 4 is 27.1 Å². The molecule has 5 rings (SSSR count). The van der Waals surface area contributed by atoms with Gasteiger partial charge in [-0.25, -0.2) is 17.5 Å². The normalized spacial score (nSPS) is 13.9. The Labute approximate surface area is 225 Å². The molecule has 0 unspecified atom stereocenters. The Kier molecular flexibility index (Phi) is 7.11. The Morgan fingerprint density at radius 3 is 2.38 bits per heavy atom. The number of ether oxygens (including phenoxy) is 1. The van der Waals surface area contributed by atoms with Crippen LogP contribution in [0.2, 0.25) is 0 Å². The molecular formula is C28H27FN4O5S. The van der Waals surface area contributed by atoms with Gasteiger partial charge in [0, 0.05) is 42.9 Å². The van der Waals surface area contributed by atoms with Gasteiger partial charge in [-0.05, 0) is 72.1 Å². The number of carbonyl (C=O) groups excluding carboxylic acids is 1. The van der Waals surface area contributed by atoms with Gasteiger partial charge in [-0.3, -0.25) is 4.79 Å². The highest BCUT2D eigenvalue weighted by atomic mass is 32.2. The molecule has 202 valence electrons. The molecule has 1 aliphatic rings. The molecule has 4 aromatic rings. The summed E-state index contributed by atoms with van der Waals surface area (Å²) >= 11 is 0. The molecule has 0 atom stereocenters. The molecule has 0 saturated carbocycles. The van der Waals surface area contributed by atoms with Crippen molar-refractivity contribution < 1.29 is 27.4 Å². The van der Waals surface area contributed by atoms with E-state index in [-0.39, 0.29) is 22.2 Å². The molecular weight excluding hydrogens is 523 g/mol. The Hall–Kier alpha value is -4.22. The van der Waals surface area contributed by atoms with Crippen LogP contribution in [0.5, 0.6) is 5.75 Å². The molecule has 1 aromatic heterocycles. The molecule has 0 bridgehead atoms. The van der Waals surface area contributed by atoms with E-state index in [2.05, 4.69) is 15.3 Å². The second kappa shape index (κ2) is 10.5. The number of carbonyl (C=O) groups is 1. The predicted octanol–water partition coefficient (Wildman–Crippen LogP) is 4.18. The zero-order chi connectivity index (χ0) is 27.7. The molecule has 1 aliphatic heterocycles. The fraction of sp³-hybridized carbons (Fsp3) is 0.214. The van der Waals surface area contributed by atoms with Crippen molar-refractivity contribution in [3.05, 3.63) is 83.8 Å². The van der Waals surface area contributed by atoms with Gasteiger partial charge in [0.25, 0.3) is 5.91 Å². The van der Waals surface area contributed by atoms with E-state index in [0.717, 1.165) is 46.9 Å². The smallest absolute Gasteiger partial charge is 0.276 e. The largest absolute Gasteiger partial charge is 0.508 e. The number of benzene rings is 3. The third-order valence-electron chi connectivity index (χ3n) is 6.44. The van der Waals surface area contributed by atoms with Crippen LogP contribution in [-0.4, -0.2) is 61.8 Å². The number of nitrogens with zero attached hydrogens (tertiary/aromatic N) is 3. The summed E-state index contributed by atoms with van der Waals surface area (Å²) < 4.78 is 44.7. The topological polar surface area (TPSA) is 114 Å². The van der Waals surface area contributed by atoms with E-state index in [1.54, 1.807) is 12.1 Å². The molecule has 0 radical (unpaired) electrons. The lowest BCUT2D eigenvalue weighted by Crippen LogP contribution is -2.36. The van der Waals surface area contributed by atoms with Gasteiger partial charge >= 0.3 is 0 Å². The summed E-state index contributed by atoms with van der Waals surface area (Å²) in [6, 6.07) is 17.1. The van der Waals surface area contributed by atoms with E-state index in [9.17, 15) is 22.7 Å². The van der Waals surface area contributed by atoms with Crippen LogP contribution in [-0.2, 0) is 14.6 Å². The molecule has 0 aliphatic carbocycles. The third kappa shape index (κ3) is 5.79. The molecule has 9 nitrogen and oxygen atoms in total. The second-order valence-corrected chi connectivity index (χ2v) is 11.3. The number of morpholine rings is 1. The lowest BCUT2D eigenvalue weighted by molar-refractivity contribution is 0.102. The monoisotopic (exact) mass is 550 g/mol. The maximum Gasteiger partial charge on any atom is 0.276 e. The van der Waals surface area contributed by atoms with Crippen molar-refractivity contribution in [1.29, 1.82) is 0 Å². The summed E-state index contributed by atoms with van der Waals surface area (Å²) in [4.78, 5) is 15.4. The SMILES string of the molecule is Cc1ccc(N2CCOCC2)cc1-c1cc(O)cc(NC(=O)c2cc(S(C)(=O)=O)n(-c3ccc(F)cc3)n2)c1. The van der Waals surface area contributed by atoms with Crippen LogP contribution in [0, 0.1) is 12.7 Å². The van der Waals surface area contributed by atoms with E-state index in [1.807, 2.05) is 25.1 Å². The first-order valence-corrected chi connectivity index (χ1v) is 14.1. The van der Waals surface area contributed by atoms with Crippen LogP contribution in [0.3, 0.4) is 0 Å². The average Bonchev–Trinajstić information content (AvgIpc) is 3.36. The first-order valence-electron chi connectivity index (χ1n) is 12.2. The fourth-order valence-corrected chi connectivity index (χ4v) is 5.27. The Morgan fingerprint density at radius 2 is 1.69 bits per heavy atom. The summed E-state index contributed by atoms with van der Waals surface area (Å²) in [6.45, 7) is 4.84. The molecule has 3 aromatic carbocycles. The van der Waals surface area contributed by atoms with Crippen LogP contribution in [0.15, 0.2) is 71.8 Å². The van der Waals surface area contributed by atoms with Gasteiger partial charge in [0.2, 0.25) is 0 Å². The Balaban J connectivity index is 1.46. The molecule has 0 spiro atoms. The zero-order valence-corrected chi connectivity index (χ0v) is 22.2. The third-order valence-corrected chi connectivity index (χ3v) is 7.50. The number of halogens is 1. The molecule has 11 heteroatoms. The van der Waals surface area contributed by atoms with Gasteiger partial charge in [0.1, 0.15) is 11.6 Å². The van der Waals surface area contributed by atoms with Crippen molar-refractivity contribution in [2.24, 2.45) is 0 Å². The summed E-state index contributed by atoms with van der Waals surface area (Å²) in [6.07, 6.45) is 1.00. The molecule has 1 fully saturated rings. The van der Waals surface area contributed by atoms with Crippen molar-refractivity contribution in [2.75, 3.05) is 42.8 Å². The number of nitrogens with one attached hydrogen (secondary N) is 1. The highest BCUT2D eigenvalue weighted by Gasteiger charge is 2.22. The number of amides is 1. The molecule has 1 saturated heterocycles. The van der Waals surface area contributed by atoms with Crippen LogP contribution in [0.1, 0.15) is 16.1 Å². The number of anilines is 2. The lowest BCUT2D eigenvalue weighted by Gasteiger charge is -2.29. The number of phenols is 1. The minimum atomic E-state index is -3.77. The summed E-state index contributed by atoms with van der Waals surface area (Å²) in [7, 11) is -3.77. The Morgan fingerprint density at radius 1 is 1.00 bits per heavy atom. The van der Waals surface area contributed by atoms with Crippen LogP contribution >= 0.6 is 0 Å².